The maximum absolute atomic E-state index is 13.8. The van der Waals surface area contributed by atoms with Crippen LogP contribution in [0.3, 0.4) is 0 Å². The summed E-state index contributed by atoms with van der Waals surface area (Å²) in [6.07, 6.45) is 3.66. The van der Waals surface area contributed by atoms with Crippen LogP contribution in [0.25, 0.3) is 0 Å². The monoisotopic (exact) mass is 548 g/mol. The highest BCUT2D eigenvalue weighted by Gasteiger charge is 2.35. The second-order valence-electron chi connectivity index (χ2n) is 9.53. The van der Waals surface area contributed by atoms with Crippen molar-refractivity contribution in [1.29, 1.82) is 0 Å². The molecule has 0 bridgehead atoms. The van der Waals surface area contributed by atoms with Crippen molar-refractivity contribution in [2.45, 2.75) is 25.6 Å². The van der Waals surface area contributed by atoms with Crippen LogP contribution in [0.1, 0.15) is 27.0 Å². The molecule has 2 amide bonds. The van der Waals surface area contributed by atoms with Crippen LogP contribution in [0.2, 0.25) is 0 Å². The van der Waals surface area contributed by atoms with Gasteiger partial charge in [0, 0.05) is 30.5 Å². The third kappa shape index (κ3) is 6.66. The van der Waals surface area contributed by atoms with Crippen LogP contribution < -0.4 is 10.4 Å². The smallest absolute Gasteiger partial charge is 0.293 e. The first-order chi connectivity index (χ1) is 20.0. The molecular weight excluding hydrogens is 520 g/mol. The SMILES string of the molecule is O=C(NOCc1ccccc1)c1ccc(N2C=CN(Cc3ccccc3)C(=O)[C@@H]2Cc2ccccc2)c([N+](=O)[O-])c1. The Kier molecular flexibility index (Phi) is 8.46. The lowest BCUT2D eigenvalue weighted by Crippen LogP contribution is -2.49. The molecule has 0 saturated carbocycles. The van der Waals surface area contributed by atoms with E-state index in [1.807, 2.05) is 91.0 Å². The van der Waals surface area contributed by atoms with E-state index < -0.39 is 16.9 Å². The lowest BCUT2D eigenvalue weighted by Gasteiger charge is -2.37. The van der Waals surface area contributed by atoms with Gasteiger partial charge < -0.3 is 9.80 Å². The Hall–Kier alpha value is -5.28. The van der Waals surface area contributed by atoms with Crippen LogP contribution in [0.4, 0.5) is 11.4 Å². The fourth-order valence-electron chi connectivity index (χ4n) is 4.67. The highest BCUT2D eigenvalue weighted by atomic mass is 16.7. The topological polar surface area (TPSA) is 105 Å². The molecule has 0 radical (unpaired) electrons. The maximum Gasteiger partial charge on any atom is 0.293 e. The number of rotatable bonds is 10. The summed E-state index contributed by atoms with van der Waals surface area (Å²) in [5.74, 6) is -0.804. The molecule has 206 valence electrons. The summed E-state index contributed by atoms with van der Waals surface area (Å²) in [5, 5.41) is 12.2. The van der Waals surface area contributed by atoms with E-state index in [0.717, 1.165) is 16.7 Å². The Labute approximate surface area is 237 Å². The van der Waals surface area contributed by atoms with E-state index in [1.54, 1.807) is 22.2 Å². The van der Waals surface area contributed by atoms with Gasteiger partial charge in [0.2, 0.25) is 5.91 Å². The molecule has 1 aliphatic heterocycles. The van der Waals surface area contributed by atoms with Crippen molar-refractivity contribution in [3.05, 3.63) is 154 Å². The third-order valence-corrected chi connectivity index (χ3v) is 6.74. The average Bonchev–Trinajstić information content (AvgIpc) is 3.00. The zero-order valence-corrected chi connectivity index (χ0v) is 22.1. The van der Waals surface area contributed by atoms with Gasteiger partial charge >= 0.3 is 0 Å². The molecule has 0 fully saturated rings. The highest BCUT2D eigenvalue weighted by molar-refractivity contribution is 5.96. The molecule has 41 heavy (non-hydrogen) atoms. The lowest BCUT2D eigenvalue weighted by atomic mass is 10.0. The van der Waals surface area contributed by atoms with Crippen molar-refractivity contribution in [2.24, 2.45) is 0 Å². The normalized spacial score (nSPS) is 14.6. The number of carbonyl (C=O) groups is 2. The summed E-state index contributed by atoms with van der Waals surface area (Å²) in [6.45, 7) is 0.521. The molecule has 1 atom stereocenters. The molecule has 0 aromatic heterocycles. The lowest BCUT2D eigenvalue weighted by molar-refractivity contribution is -0.384. The van der Waals surface area contributed by atoms with Gasteiger partial charge in [-0.2, -0.15) is 0 Å². The molecular formula is C32H28N4O5. The van der Waals surface area contributed by atoms with Crippen molar-refractivity contribution in [3.8, 4) is 0 Å². The summed E-state index contributed by atoms with van der Waals surface area (Å²) in [6, 6.07) is 31.9. The maximum atomic E-state index is 13.8. The first kappa shape index (κ1) is 27.3. The first-order valence-corrected chi connectivity index (χ1v) is 13.1. The van der Waals surface area contributed by atoms with Crippen LogP contribution in [0.5, 0.6) is 0 Å². The van der Waals surface area contributed by atoms with Crippen molar-refractivity contribution in [1.82, 2.24) is 10.4 Å². The van der Waals surface area contributed by atoms with Gasteiger partial charge in [0.15, 0.2) is 0 Å². The molecule has 0 aliphatic carbocycles. The molecule has 9 nitrogen and oxygen atoms in total. The van der Waals surface area contributed by atoms with E-state index in [4.69, 9.17) is 4.84 Å². The minimum Gasteiger partial charge on any atom is -0.328 e. The number of nitro groups is 1. The number of carbonyl (C=O) groups excluding carboxylic acids is 2. The predicted octanol–water partition coefficient (Wildman–Crippen LogP) is 5.39. The Balaban J connectivity index is 1.41. The third-order valence-electron chi connectivity index (χ3n) is 6.74. The van der Waals surface area contributed by atoms with Gasteiger partial charge in [0.05, 0.1) is 18.1 Å². The van der Waals surface area contributed by atoms with Gasteiger partial charge in [-0.15, -0.1) is 0 Å². The molecule has 0 spiro atoms. The number of anilines is 1. The predicted molar refractivity (Wildman–Crippen MR) is 154 cm³/mol. The summed E-state index contributed by atoms with van der Waals surface area (Å²) < 4.78 is 0. The molecule has 1 aliphatic rings. The molecule has 4 aromatic rings. The Morgan fingerprint density at radius 3 is 2.07 bits per heavy atom. The van der Waals surface area contributed by atoms with E-state index in [0.29, 0.717) is 13.0 Å². The number of nitrogens with one attached hydrogen (secondary N) is 1. The number of amides is 2. The van der Waals surface area contributed by atoms with Gasteiger partial charge in [-0.3, -0.25) is 24.5 Å². The fraction of sp³-hybridized carbons (Fsp3) is 0.125. The van der Waals surface area contributed by atoms with Crippen molar-refractivity contribution >= 4 is 23.2 Å². The van der Waals surface area contributed by atoms with E-state index in [1.165, 1.54) is 18.2 Å². The van der Waals surface area contributed by atoms with Crippen LogP contribution in [0, 0.1) is 10.1 Å². The van der Waals surface area contributed by atoms with E-state index in [9.17, 15) is 19.7 Å². The number of hydrogen-bond donors (Lipinski definition) is 1. The summed E-state index contributed by atoms with van der Waals surface area (Å²) in [5.41, 5.74) is 5.06. The zero-order chi connectivity index (χ0) is 28.6. The molecule has 1 heterocycles. The summed E-state index contributed by atoms with van der Waals surface area (Å²) in [4.78, 5) is 46.7. The Bertz CT molecular complexity index is 1540. The van der Waals surface area contributed by atoms with E-state index in [2.05, 4.69) is 5.48 Å². The second-order valence-corrected chi connectivity index (χ2v) is 9.53. The standard InChI is InChI=1S/C32H28N4O5/c37-31(33-41-23-26-14-8-3-9-15-26)27-16-17-28(29(21-27)36(39)40)35-19-18-34(22-25-12-6-2-7-13-25)32(38)30(35)20-24-10-4-1-5-11-24/h1-19,21,30H,20,22-23H2,(H,33,37)/t30-/m0/s1. The van der Waals surface area contributed by atoms with Gasteiger partial charge in [-0.25, -0.2) is 5.48 Å². The van der Waals surface area contributed by atoms with Crippen LogP contribution in [0.15, 0.2) is 122 Å². The number of hydrogen-bond acceptors (Lipinski definition) is 6. The fourth-order valence-corrected chi connectivity index (χ4v) is 4.67. The quantitative estimate of drug-likeness (QED) is 0.211. The van der Waals surface area contributed by atoms with Crippen LogP contribution in [-0.4, -0.2) is 27.7 Å². The molecule has 1 N–H and O–H groups in total. The molecule has 5 rings (SSSR count). The number of benzene rings is 4. The van der Waals surface area contributed by atoms with Gasteiger partial charge in [-0.05, 0) is 28.8 Å². The van der Waals surface area contributed by atoms with Crippen molar-refractivity contribution in [3.63, 3.8) is 0 Å². The average molecular weight is 549 g/mol. The second kappa shape index (κ2) is 12.7. The minimum absolute atomic E-state index is 0.0612. The largest absolute Gasteiger partial charge is 0.328 e. The van der Waals surface area contributed by atoms with Crippen LogP contribution in [-0.2, 0) is 29.2 Å². The van der Waals surface area contributed by atoms with Gasteiger partial charge in [0.25, 0.3) is 11.6 Å². The zero-order valence-electron chi connectivity index (χ0n) is 22.1. The Morgan fingerprint density at radius 1 is 0.829 bits per heavy atom. The van der Waals surface area contributed by atoms with Crippen molar-refractivity contribution < 1.29 is 19.3 Å². The minimum atomic E-state index is -0.737. The first-order valence-electron chi connectivity index (χ1n) is 13.1. The van der Waals surface area contributed by atoms with E-state index in [-0.39, 0.29) is 29.5 Å². The molecule has 4 aromatic carbocycles. The molecule has 0 unspecified atom stereocenters. The van der Waals surface area contributed by atoms with E-state index >= 15 is 0 Å². The van der Waals surface area contributed by atoms with Crippen LogP contribution >= 0.6 is 0 Å². The van der Waals surface area contributed by atoms with Gasteiger partial charge in [-0.1, -0.05) is 91.0 Å². The summed E-state index contributed by atoms with van der Waals surface area (Å²) >= 11 is 0. The molecule has 9 heteroatoms. The summed E-state index contributed by atoms with van der Waals surface area (Å²) in [7, 11) is 0. The number of nitrogens with zero attached hydrogens (tertiary/aromatic N) is 3. The Morgan fingerprint density at radius 2 is 1.44 bits per heavy atom. The molecule has 0 saturated heterocycles. The van der Waals surface area contributed by atoms with Crippen molar-refractivity contribution in [2.75, 3.05) is 4.90 Å². The number of nitro benzene ring substituents is 1. The highest BCUT2D eigenvalue weighted by Crippen LogP contribution is 2.34. The van der Waals surface area contributed by atoms with Gasteiger partial charge in [0.1, 0.15) is 11.7 Å². The number of hydroxylamine groups is 1.